The van der Waals surface area contributed by atoms with Crippen molar-refractivity contribution in [2.24, 2.45) is 0 Å². The van der Waals surface area contributed by atoms with Crippen molar-refractivity contribution in [2.75, 3.05) is 12.3 Å². The fourth-order valence-electron chi connectivity index (χ4n) is 1.96. The maximum atomic E-state index is 11.4. The smallest absolute Gasteiger partial charge is 0.330 e. The van der Waals surface area contributed by atoms with Gasteiger partial charge >= 0.3 is 5.97 Å². The minimum Gasteiger partial charge on any atom is -0.463 e. The van der Waals surface area contributed by atoms with Crippen molar-refractivity contribution >= 4 is 29.6 Å². The number of hydrogen-bond acceptors (Lipinski definition) is 6. The molecule has 0 spiro atoms. The normalized spacial score (nSPS) is 11.0. The number of aromatic nitrogens is 4. The summed E-state index contributed by atoms with van der Waals surface area (Å²) in [7, 11) is 0. The van der Waals surface area contributed by atoms with E-state index in [0.29, 0.717) is 18.8 Å². The van der Waals surface area contributed by atoms with Crippen LogP contribution in [-0.2, 0) is 16.0 Å². The summed E-state index contributed by atoms with van der Waals surface area (Å²) in [5.41, 5.74) is 7.27. The Kier molecular flexibility index (Phi) is 5.11. The van der Waals surface area contributed by atoms with Gasteiger partial charge in [-0.05, 0) is 19.4 Å². The van der Waals surface area contributed by atoms with Gasteiger partial charge in [0.1, 0.15) is 5.15 Å². The number of carbonyl (C=O) groups is 1. The zero-order valence-corrected chi connectivity index (χ0v) is 13.0. The Morgan fingerprint density at radius 2 is 2.23 bits per heavy atom. The van der Waals surface area contributed by atoms with Crippen molar-refractivity contribution in [1.29, 1.82) is 0 Å². The first kappa shape index (κ1) is 16.0. The molecule has 2 aromatic heterocycles. The Hall–Kier alpha value is -2.41. The Morgan fingerprint density at radius 1 is 1.45 bits per heavy atom. The van der Waals surface area contributed by atoms with Crippen LogP contribution in [0.1, 0.15) is 25.1 Å². The Morgan fingerprint density at radius 3 is 2.86 bits per heavy atom. The molecule has 0 aliphatic heterocycles. The Bertz CT molecular complexity index is 691. The van der Waals surface area contributed by atoms with E-state index in [9.17, 15) is 4.79 Å². The van der Waals surface area contributed by atoms with Crippen LogP contribution in [-0.4, -0.2) is 32.3 Å². The quantitative estimate of drug-likeness (QED) is 0.514. The zero-order valence-electron chi connectivity index (χ0n) is 12.3. The lowest BCUT2D eigenvalue weighted by Gasteiger charge is -2.06. The molecular formula is C14H16ClN5O2. The first-order chi connectivity index (χ1) is 10.5. The third kappa shape index (κ3) is 3.62. The maximum Gasteiger partial charge on any atom is 0.330 e. The van der Waals surface area contributed by atoms with Gasteiger partial charge in [-0.15, -0.1) is 0 Å². The molecule has 0 aromatic carbocycles. The Labute approximate surface area is 132 Å². The summed E-state index contributed by atoms with van der Waals surface area (Å²) in [6.07, 6.45) is 5.35. The molecule has 0 amide bonds. The molecule has 0 atom stereocenters. The van der Waals surface area contributed by atoms with Gasteiger partial charge in [-0.3, -0.25) is 0 Å². The van der Waals surface area contributed by atoms with Crippen molar-refractivity contribution in [3.8, 4) is 5.82 Å². The maximum absolute atomic E-state index is 11.4. The van der Waals surface area contributed by atoms with Gasteiger partial charge in [-0.25, -0.2) is 14.5 Å². The number of nitrogen functional groups attached to an aromatic ring is 1. The van der Waals surface area contributed by atoms with Crippen LogP contribution in [0, 0.1) is 0 Å². The number of hydrogen-bond donors (Lipinski definition) is 1. The van der Waals surface area contributed by atoms with Crippen molar-refractivity contribution < 1.29 is 9.53 Å². The van der Waals surface area contributed by atoms with E-state index in [1.807, 2.05) is 6.92 Å². The first-order valence-corrected chi connectivity index (χ1v) is 7.15. The summed E-state index contributed by atoms with van der Waals surface area (Å²) in [6.45, 7) is 4.06. The summed E-state index contributed by atoms with van der Waals surface area (Å²) in [4.78, 5) is 19.3. The molecule has 0 radical (unpaired) electrons. The van der Waals surface area contributed by atoms with Crippen molar-refractivity contribution in [3.05, 3.63) is 34.7 Å². The molecule has 2 N–H and O–H groups in total. The highest BCUT2D eigenvalue weighted by molar-refractivity contribution is 6.29. The number of anilines is 1. The molecule has 2 heterocycles. The van der Waals surface area contributed by atoms with E-state index in [0.717, 1.165) is 11.3 Å². The lowest BCUT2D eigenvalue weighted by atomic mass is 10.2. The minimum absolute atomic E-state index is 0.0728. The number of halogens is 1. The van der Waals surface area contributed by atoms with E-state index < -0.39 is 5.97 Å². The molecule has 0 bridgehead atoms. The molecule has 0 saturated heterocycles. The van der Waals surface area contributed by atoms with Crippen LogP contribution in [0.2, 0.25) is 5.15 Å². The van der Waals surface area contributed by atoms with E-state index in [-0.39, 0.29) is 11.1 Å². The largest absolute Gasteiger partial charge is 0.463 e. The van der Waals surface area contributed by atoms with Gasteiger partial charge in [0.25, 0.3) is 0 Å². The first-order valence-electron chi connectivity index (χ1n) is 6.77. The van der Waals surface area contributed by atoms with Crippen molar-refractivity contribution in [3.63, 3.8) is 0 Å². The van der Waals surface area contributed by atoms with Crippen molar-refractivity contribution in [1.82, 2.24) is 19.7 Å². The van der Waals surface area contributed by atoms with E-state index in [2.05, 4.69) is 15.1 Å². The second-order valence-electron chi connectivity index (χ2n) is 4.30. The number of nitrogens with zero attached hydrogens (tertiary/aromatic N) is 4. The van der Waals surface area contributed by atoms with E-state index in [1.165, 1.54) is 6.08 Å². The lowest BCUT2D eigenvalue weighted by molar-refractivity contribution is -0.137. The summed E-state index contributed by atoms with van der Waals surface area (Å²) in [6, 6.07) is 1.57. The molecule has 7 nitrogen and oxygen atoms in total. The molecule has 0 fully saturated rings. The van der Waals surface area contributed by atoms with Gasteiger partial charge in [-0.1, -0.05) is 18.5 Å². The number of esters is 1. The van der Waals surface area contributed by atoms with Crippen LogP contribution >= 0.6 is 11.6 Å². The van der Waals surface area contributed by atoms with E-state index in [1.54, 1.807) is 29.9 Å². The molecule has 8 heteroatoms. The van der Waals surface area contributed by atoms with Gasteiger partial charge in [0.2, 0.25) is 5.95 Å². The van der Waals surface area contributed by atoms with Crippen LogP contribution < -0.4 is 5.73 Å². The predicted octanol–water partition coefficient (Wildman–Crippen LogP) is 2.04. The van der Waals surface area contributed by atoms with E-state index in [4.69, 9.17) is 22.1 Å². The monoisotopic (exact) mass is 321 g/mol. The van der Waals surface area contributed by atoms with E-state index >= 15 is 0 Å². The zero-order chi connectivity index (χ0) is 16.1. The number of nitrogens with two attached hydrogens (primary N) is 1. The predicted molar refractivity (Wildman–Crippen MR) is 83.6 cm³/mol. The third-order valence-electron chi connectivity index (χ3n) is 2.84. The fourth-order valence-corrected chi connectivity index (χ4v) is 2.14. The van der Waals surface area contributed by atoms with Crippen LogP contribution in [0.15, 0.2) is 18.3 Å². The number of carbonyl (C=O) groups excluding carboxylic acids is 1. The average Bonchev–Trinajstić information content (AvgIpc) is 2.87. The topological polar surface area (TPSA) is 95.9 Å². The molecule has 22 heavy (non-hydrogen) atoms. The molecular weight excluding hydrogens is 306 g/mol. The minimum atomic E-state index is -0.397. The summed E-state index contributed by atoms with van der Waals surface area (Å²) >= 11 is 5.89. The van der Waals surface area contributed by atoms with Gasteiger partial charge in [0.05, 0.1) is 18.5 Å². The van der Waals surface area contributed by atoms with Crippen LogP contribution in [0.25, 0.3) is 11.9 Å². The standard InChI is InChI=1S/C14H16ClN5O2/c1-3-10-9(5-6-13(21)22-4-2)8-17-20(10)12-7-11(15)18-14(16)19-12/h5-8H,3-4H2,1-2H3,(H2,16,18,19)/b6-5+. The molecule has 0 unspecified atom stereocenters. The third-order valence-corrected chi connectivity index (χ3v) is 3.03. The molecule has 0 aliphatic carbocycles. The molecule has 116 valence electrons. The van der Waals surface area contributed by atoms with Gasteiger partial charge in [0, 0.05) is 17.7 Å². The van der Waals surface area contributed by atoms with Crippen LogP contribution in [0.4, 0.5) is 5.95 Å². The second-order valence-corrected chi connectivity index (χ2v) is 4.69. The van der Waals surface area contributed by atoms with Crippen LogP contribution in [0.5, 0.6) is 0 Å². The molecule has 0 aliphatic rings. The summed E-state index contributed by atoms with van der Waals surface area (Å²) < 4.78 is 6.47. The lowest BCUT2D eigenvalue weighted by Crippen LogP contribution is -2.07. The highest BCUT2D eigenvalue weighted by atomic mass is 35.5. The highest BCUT2D eigenvalue weighted by Crippen LogP contribution is 2.18. The average molecular weight is 322 g/mol. The number of ether oxygens (including phenoxy) is 1. The molecule has 0 saturated carbocycles. The van der Waals surface area contributed by atoms with Crippen LogP contribution in [0.3, 0.4) is 0 Å². The summed E-state index contributed by atoms with van der Waals surface area (Å²) in [5, 5.41) is 4.51. The fraction of sp³-hybridized carbons (Fsp3) is 0.286. The second kappa shape index (κ2) is 7.04. The SMILES string of the molecule is CCOC(=O)/C=C/c1cnn(-c2cc(Cl)nc(N)n2)c1CC. The highest BCUT2D eigenvalue weighted by Gasteiger charge is 2.12. The molecule has 2 aromatic rings. The van der Waals surface area contributed by atoms with Gasteiger partial charge in [-0.2, -0.15) is 10.1 Å². The summed E-state index contributed by atoms with van der Waals surface area (Å²) in [5.74, 6) is 0.153. The Balaban J connectivity index is 2.37. The molecule has 2 rings (SSSR count). The number of rotatable bonds is 5. The van der Waals surface area contributed by atoms with Gasteiger partial charge in [0.15, 0.2) is 5.82 Å². The van der Waals surface area contributed by atoms with Gasteiger partial charge < -0.3 is 10.5 Å². The van der Waals surface area contributed by atoms with Crippen molar-refractivity contribution in [2.45, 2.75) is 20.3 Å².